The Bertz CT molecular complexity index is 357. The summed E-state index contributed by atoms with van der Waals surface area (Å²) in [4.78, 5) is 2.38. The van der Waals surface area contributed by atoms with E-state index in [2.05, 4.69) is 60.8 Å². The van der Waals surface area contributed by atoms with E-state index in [4.69, 9.17) is 0 Å². The van der Waals surface area contributed by atoms with Crippen LogP contribution in [-0.2, 0) is 19.5 Å². The van der Waals surface area contributed by atoms with Crippen molar-refractivity contribution in [1.82, 2.24) is 20.0 Å². The first-order valence-corrected chi connectivity index (χ1v) is 7.55. The van der Waals surface area contributed by atoms with Crippen molar-refractivity contribution in [2.45, 2.75) is 59.7 Å². The van der Waals surface area contributed by atoms with E-state index in [0.717, 1.165) is 32.6 Å². The number of aryl methyl sites for hydroxylation is 2. The molecule has 1 aromatic rings. The lowest BCUT2D eigenvalue weighted by Crippen LogP contribution is -2.29. The van der Waals surface area contributed by atoms with Gasteiger partial charge in [0.05, 0.1) is 11.4 Å². The molecule has 110 valence electrons. The predicted molar refractivity (Wildman–Crippen MR) is 81.4 cm³/mol. The van der Waals surface area contributed by atoms with Gasteiger partial charge in [0, 0.05) is 19.1 Å². The van der Waals surface area contributed by atoms with Gasteiger partial charge in [-0.15, -0.1) is 0 Å². The van der Waals surface area contributed by atoms with Gasteiger partial charge in [-0.3, -0.25) is 4.68 Å². The molecule has 0 unspecified atom stereocenters. The zero-order valence-electron chi connectivity index (χ0n) is 13.2. The quantitative estimate of drug-likeness (QED) is 0.696. The minimum absolute atomic E-state index is 0.633. The molecule has 0 fully saturated rings. The van der Waals surface area contributed by atoms with Gasteiger partial charge in [-0.05, 0) is 59.8 Å². The van der Waals surface area contributed by atoms with Gasteiger partial charge in [0.25, 0.3) is 0 Å². The molecule has 0 atom stereocenters. The first kappa shape index (κ1) is 16.2. The Balaban J connectivity index is 2.27. The molecule has 1 N–H and O–H groups in total. The number of nitrogens with one attached hydrogen (secondary N) is 1. The third-order valence-corrected chi connectivity index (χ3v) is 3.63. The average molecular weight is 266 g/mol. The second kappa shape index (κ2) is 8.33. The monoisotopic (exact) mass is 266 g/mol. The van der Waals surface area contributed by atoms with E-state index >= 15 is 0 Å². The van der Waals surface area contributed by atoms with Crippen LogP contribution in [0.3, 0.4) is 0 Å². The van der Waals surface area contributed by atoms with Gasteiger partial charge in [-0.25, -0.2) is 0 Å². The molecule has 0 aliphatic heterocycles. The molecule has 4 heteroatoms. The van der Waals surface area contributed by atoms with Gasteiger partial charge in [-0.2, -0.15) is 5.10 Å². The van der Waals surface area contributed by atoms with Crippen LogP contribution in [0.5, 0.6) is 0 Å². The topological polar surface area (TPSA) is 33.1 Å². The van der Waals surface area contributed by atoms with Crippen molar-refractivity contribution in [3.05, 3.63) is 17.5 Å². The van der Waals surface area contributed by atoms with Crippen molar-refractivity contribution >= 4 is 0 Å². The van der Waals surface area contributed by atoms with Crippen molar-refractivity contribution in [2.75, 3.05) is 20.1 Å². The molecule has 19 heavy (non-hydrogen) atoms. The van der Waals surface area contributed by atoms with Gasteiger partial charge in [-0.1, -0.05) is 6.92 Å². The molecule has 0 aliphatic rings. The van der Waals surface area contributed by atoms with Gasteiger partial charge in [0.2, 0.25) is 0 Å². The smallest absolute Gasteiger partial charge is 0.0625 e. The standard InChI is InChI=1S/C15H30N4/c1-6-14-11-15(19(7-2)17-14)12-16-9-8-10-18(5)13(3)4/h11,13,16H,6-10,12H2,1-5H3. The minimum atomic E-state index is 0.633. The second-order valence-corrected chi connectivity index (χ2v) is 5.40. The molecule has 0 aliphatic carbocycles. The highest BCUT2D eigenvalue weighted by atomic mass is 15.3. The SMILES string of the molecule is CCc1cc(CNCCCN(C)C(C)C)n(CC)n1. The van der Waals surface area contributed by atoms with E-state index in [0.29, 0.717) is 6.04 Å². The minimum Gasteiger partial charge on any atom is -0.311 e. The number of aromatic nitrogens is 2. The van der Waals surface area contributed by atoms with Crippen LogP contribution >= 0.6 is 0 Å². The van der Waals surface area contributed by atoms with Crippen molar-refractivity contribution in [1.29, 1.82) is 0 Å². The van der Waals surface area contributed by atoms with E-state index in [9.17, 15) is 0 Å². The molecule has 0 radical (unpaired) electrons. The highest BCUT2D eigenvalue weighted by Gasteiger charge is 2.05. The molecule has 0 aromatic carbocycles. The Morgan fingerprint density at radius 2 is 2.11 bits per heavy atom. The van der Waals surface area contributed by atoms with Crippen molar-refractivity contribution in [3.8, 4) is 0 Å². The molecular weight excluding hydrogens is 236 g/mol. The van der Waals surface area contributed by atoms with Gasteiger partial charge >= 0.3 is 0 Å². The maximum atomic E-state index is 4.57. The molecule has 1 aromatic heterocycles. The Kier molecular flexibility index (Phi) is 7.10. The van der Waals surface area contributed by atoms with E-state index in [1.807, 2.05) is 0 Å². The van der Waals surface area contributed by atoms with Crippen LogP contribution in [0, 0.1) is 0 Å². The van der Waals surface area contributed by atoms with Crippen LogP contribution in [0.25, 0.3) is 0 Å². The molecule has 0 saturated carbocycles. The molecule has 0 amide bonds. The zero-order chi connectivity index (χ0) is 14.3. The largest absolute Gasteiger partial charge is 0.311 e. The normalized spacial score (nSPS) is 11.7. The van der Waals surface area contributed by atoms with Crippen LogP contribution < -0.4 is 5.32 Å². The fourth-order valence-electron chi connectivity index (χ4n) is 2.03. The molecule has 0 saturated heterocycles. The fourth-order valence-corrected chi connectivity index (χ4v) is 2.03. The summed E-state index contributed by atoms with van der Waals surface area (Å²) in [5, 5.41) is 8.09. The summed E-state index contributed by atoms with van der Waals surface area (Å²) in [6, 6.07) is 2.85. The van der Waals surface area contributed by atoms with Crippen LogP contribution in [0.15, 0.2) is 6.07 Å². The first-order chi connectivity index (χ1) is 9.08. The van der Waals surface area contributed by atoms with Gasteiger partial charge in [0.15, 0.2) is 0 Å². The predicted octanol–water partition coefficient (Wildman–Crippen LogP) is 2.29. The lowest BCUT2D eigenvalue weighted by molar-refractivity contribution is 0.269. The number of hydrogen-bond acceptors (Lipinski definition) is 3. The zero-order valence-corrected chi connectivity index (χ0v) is 13.2. The lowest BCUT2D eigenvalue weighted by atomic mass is 10.3. The summed E-state index contributed by atoms with van der Waals surface area (Å²) in [5.41, 5.74) is 2.50. The maximum Gasteiger partial charge on any atom is 0.0625 e. The molecule has 1 rings (SSSR count). The molecule has 0 bridgehead atoms. The van der Waals surface area contributed by atoms with Crippen molar-refractivity contribution in [3.63, 3.8) is 0 Å². The summed E-state index contributed by atoms with van der Waals surface area (Å²) in [6.45, 7) is 12.9. The fraction of sp³-hybridized carbons (Fsp3) is 0.800. The summed E-state index contributed by atoms with van der Waals surface area (Å²) in [6.07, 6.45) is 2.20. The Morgan fingerprint density at radius 3 is 2.68 bits per heavy atom. The third-order valence-electron chi connectivity index (χ3n) is 3.63. The lowest BCUT2D eigenvalue weighted by Gasteiger charge is -2.20. The summed E-state index contributed by atoms with van der Waals surface area (Å²) in [7, 11) is 2.18. The van der Waals surface area contributed by atoms with Crippen molar-refractivity contribution in [2.24, 2.45) is 0 Å². The first-order valence-electron chi connectivity index (χ1n) is 7.55. The van der Waals surface area contributed by atoms with Crippen LogP contribution in [0.2, 0.25) is 0 Å². The summed E-state index contributed by atoms with van der Waals surface area (Å²) >= 11 is 0. The Labute approximate surface area is 118 Å². The number of rotatable bonds is 9. The molecule has 1 heterocycles. The van der Waals surface area contributed by atoms with Gasteiger partial charge < -0.3 is 10.2 Å². The molecular formula is C15H30N4. The average Bonchev–Trinajstić information content (AvgIpc) is 2.80. The Morgan fingerprint density at radius 1 is 1.37 bits per heavy atom. The Hall–Kier alpha value is -0.870. The van der Waals surface area contributed by atoms with Crippen molar-refractivity contribution < 1.29 is 0 Å². The van der Waals surface area contributed by atoms with Gasteiger partial charge in [0.1, 0.15) is 0 Å². The summed E-state index contributed by atoms with van der Waals surface area (Å²) < 4.78 is 2.10. The van der Waals surface area contributed by atoms with Crippen LogP contribution in [0.4, 0.5) is 0 Å². The van der Waals surface area contributed by atoms with E-state index in [1.165, 1.54) is 17.8 Å². The van der Waals surface area contributed by atoms with E-state index < -0.39 is 0 Å². The highest BCUT2D eigenvalue weighted by molar-refractivity contribution is 5.10. The number of hydrogen-bond donors (Lipinski definition) is 1. The van der Waals surface area contributed by atoms with Crippen LogP contribution in [-0.4, -0.2) is 40.9 Å². The summed E-state index contributed by atoms with van der Waals surface area (Å²) in [5.74, 6) is 0. The maximum absolute atomic E-state index is 4.57. The van der Waals surface area contributed by atoms with E-state index in [-0.39, 0.29) is 0 Å². The second-order valence-electron chi connectivity index (χ2n) is 5.40. The van der Waals surface area contributed by atoms with E-state index in [1.54, 1.807) is 0 Å². The molecule has 4 nitrogen and oxygen atoms in total. The van der Waals surface area contributed by atoms with Crippen LogP contribution in [0.1, 0.15) is 45.5 Å². The molecule has 0 spiro atoms. The highest BCUT2D eigenvalue weighted by Crippen LogP contribution is 2.05. The third kappa shape index (κ3) is 5.33. The number of nitrogens with zero attached hydrogens (tertiary/aromatic N) is 3.